The van der Waals surface area contributed by atoms with Gasteiger partial charge in [-0.15, -0.1) is 0 Å². The number of ether oxygens (including phenoxy) is 1. The molecule has 7 heteroatoms. The molecule has 1 fully saturated rings. The topological polar surface area (TPSA) is 72.4 Å². The second kappa shape index (κ2) is 7.09. The Morgan fingerprint density at radius 2 is 1.60 bits per heavy atom. The van der Waals surface area contributed by atoms with E-state index in [2.05, 4.69) is 9.97 Å². The zero-order chi connectivity index (χ0) is 18.0. The van der Waals surface area contributed by atoms with E-state index < -0.39 is 10.0 Å². The van der Waals surface area contributed by atoms with E-state index >= 15 is 0 Å². The molecule has 0 N–H and O–H groups in total. The highest BCUT2D eigenvalue weighted by Gasteiger charge is 2.32. The monoisotopic (exact) mass is 361 g/mol. The Morgan fingerprint density at radius 1 is 1.04 bits per heavy atom. The molecular weight excluding hydrogens is 338 g/mol. The maximum absolute atomic E-state index is 13.1. The van der Waals surface area contributed by atoms with Gasteiger partial charge in [0.25, 0.3) is 0 Å². The summed E-state index contributed by atoms with van der Waals surface area (Å²) in [5.74, 6) is 0. The van der Waals surface area contributed by atoms with Crippen LogP contribution in [0.2, 0.25) is 0 Å². The molecule has 0 aliphatic carbocycles. The van der Waals surface area contributed by atoms with Gasteiger partial charge in [-0.05, 0) is 50.8 Å². The molecule has 1 saturated heterocycles. The minimum atomic E-state index is -3.49. The quantitative estimate of drug-likeness (QED) is 0.837. The second-order valence-corrected chi connectivity index (χ2v) is 8.36. The summed E-state index contributed by atoms with van der Waals surface area (Å²) in [6, 6.07) is 5.91. The molecule has 0 spiro atoms. The highest BCUT2D eigenvalue weighted by atomic mass is 32.2. The van der Waals surface area contributed by atoms with Crippen molar-refractivity contribution < 1.29 is 13.2 Å². The third-order valence-electron chi connectivity index (χ3n) is 4.42. The van der Waals surface area contributed by atoms with Crippen molar-refractivity contribution in [1.29, 1.82) is 0 Å². The largest absolute Gasteiger partial charge is 0.460 e. The highest BCUT2D eigenvalue weighted by molar-refractivity contribution is 7.89. The van der Waals surface area contributed by atoms with Gasteiger partial charge in [-0.3, -0.25) is 0 Å². The maximum atomic E-state index is 13.1. The van der Waals surface area contributed by atoms with Crippen molar-refractivity contribution in [1.82, 2.24) is 14.3 Å². The standard InChI is InChI=1S/C18H23N3O3S/c1-13-11-14(2)17(15(3)12-13)25(22,23)21-9-5-16(6-10-21)24-18-19-7-4-8-20-18/h4,7-8,11-12,16H,5-6,9-10H2,1-3H3. The van der Waals surface area contributed by atoms with Crippen LogP contribution in [0.15, 0.2) is 35.5 Å². The van der Waals surface area contributed by atoms with Gasteiger partial charge < -0.3 is 4.74 Å². The van der Waals surface area contributed by atoms with Gasteiger partial charge >= 0.3 is 6.01 Å². The van der Waals surface area contributed by atoms with Gasteiger partial charge in [0.05, 0.1) is 4.90 Å². The molecule has 6 nitrogen and oxygen atoms in total. The molecule has 2 heterocycles. The molecule has 1 aromatic carbocycles. The van der Waals surface area contributed by atoms with Crippen LogP contribution in [-0.4, -0.2) is 41.9 Å². The number of hydrogen-bond acceptors (Lipinski definition) is 5. The molecule has 134 valence electrons. The fraction of sp³-hybridized carbons (Fsp3) is 0.444. The number of aryl methyl sites for hydroxylation is 3. The fourth-order valence-electron chi connectivity index (χ4n) is 3.39. The van der Waals surface area contributed by atoms with Crippen LogP contribution in [0.4, 0.5) is 0 Å². The molecule has 0 saturated carbocycles. The van der Waals surface area contributed by atoms with Gasteiger partial charge in [0, 0.05) is 25.5 Å². The predicted molar refractivity (Wildman–Crippen MR) is 95.1 cm³/mol. The van der Waals surface area contributed by atoms with Crippen molar-refractivity contribution in [3.05, 3.63) is 47.3 Å². The third-order valence-corrected chi connectivity index (χ3v) is 6.62. The van der Waals surface area contributed by atoms with Crippen LogP contribution in [-0.2, 0) is 10.0 Å². The first-order valence-electron chi connectivity index (χ1n) is 8.39. The van der Waals surface area contributed by atoms with Gasteiger partial charge in [0.1, 0.15) is 6.10 Å². The lowest BCUT2D eigenvalue weighted by molar-refractivity contribution is 0.124. The van der Waals surface area contributed by atoms with E-state index in [1.165, 1.54) is 0 Å². The molecule has 25 heavy (non-hydrogen) atoms. The van der Waals surface area contributed by atoms with Crippen molar-refractivity contribution in [2.75, 3.05) is 13.1 Å². The van der Waals surface area contributed by atoms with E-state index in [1.54, 1.807) is 22.8 Å². The summed E-state index contributed by atoms with van der Waals surface area (Å²) in [7, 11) is -3.49. The summed E-state index contributed by atoms with van der Waals surface area (Å²) in [6.07, 6.45) is 4.45. The van der Waals surface area contributed by atoms with E-state index in [0.29, 0.717) is 36.8 Å². The smallest absolute Gasteiger partial charge is 0.316 e. The Balaban J connectivity index is 1.72. The van der Waals surface area contributed by atoms with Crippen LogP contribution >= 0.6 is 0 Å². The number of rotatable bonds is 4. The van der Waals surface area contributed by atoms with E-state index in [9.17, 15) is 8.42 Å². The van der Waals surface area contributed by atoms with Crippen LogP contribution in [0.25, 0.3) is 0 Å². The molecule has 3 rings (SSSR count). The number of sulfonamides is 1. The first-order chi connectivity index (χ1) is 11.9. The Hall–Kier alpha value is -1.99. The summed E-state index contributed by atoms with van der Waals surface area (Å²) in [4.78, 5) is 8.54. The number of piperidine rings is 1. The van der Waals surface area contributed by atoms with Crippen LogP contribution in [0.3, 0.4) is 0 Å². The predicted octanol–water partition coefficient (Wildman–Crippen LogP) is 2.63. The summed E-state index contributed by atoms with van der Waals surface area (Å²) >= 11 is 0. The lowest BCUT2D eigenvalue weighted by atomic mass is 10.1. The number of hydrogen-bond donors (Lipinski definition) is 0. The van der Waals surface area contributed by atoms with Gasteiger partial charge in [-0.25, -0.2) is 18.4 Å². The zero-order valence-electron chi connectivity index (χ0n) is 14.8. The summed E-state index contributed by atoms with van der Waals surface area (Å²) < 4.78 is 33.4. The van der Waals surface area contributed by atoms with Gasteiger partial charge in [0.2, 0.25) is 10.0 Å². The van der Waals surface area contributed by atoms with Crippen molar-refractivity contribution in [2.24, 2.45) is 0 Å². The molecule has 2 aromatic rings. The molecule has 1 aliphatic rings. The summed E-state index contributed by atoms with van der Waals surface area (Å²) in [6.45, 7) is 6.56. The van der Waals surface area contributed by atoms with Crippen molar-refractivity contribution in [3.63, 3.8) is 0 Å². The van der Waals surface area contributed by atoms with Gasteiger partial charge in [0.15, 0.2) is 0 Å². The molecular formula is C18H23N3O3S. The number of nitrogens with zero attached hydrogens (tertiary/aromatic N) is 3. The fourth-order valence-corrected chi connectivity index (χ4v) is 5.27. The average Bonchev–Trinajstić information content (AvgIpc) is 2.55. The van der Waals surface area contributed by atoms with Crippen molar-refractivity contribution >= 4 is 10.0 Å². The second-order valence-electron chi connectivity index (χ2n) is 6.48. The lowest BCUT2D eigenvalue weighted by Crippen LogP contribution is -2.42. The van der Waals surface area contributed by atoms with Crippen molar-refractivity contribution in [3.8, 4) is 6.01 Å². The van der Waals surface area contributed by atoms with Gasteiger partial charge in [-0.1, -0.05) is 17.7 Å². The molecule has 0 amide bonds. The van der Waals surface area contributed by atoms with Crippen LogP contribution < -0.4 is 4.74 Å². The van der Waals surface area contributed by atoms with Crippen molar-refractivity contribution in [2.45, 2.75) is 44.6 Å². The zero-order valence-corrected chi connectivity index (χ0v) is 15.6. The molecule has 1 aromatic heterocycles. The number of aromatic nitrogens is 2. The number of benzene rings is 1. The molecule has 0 unspecified atom stereocenters. The molecule has 0 bridgehead atoms. The summed E-state index contributed by atoms with van der Waals surface area (Å²) in [5.41, 5.74) is 2.67. The minimum Gasteiger partial charge on any atom is -0.460 e. The van der Waals surface area contributed by atoms with E-state index in [0.717, 1.165) is 16.7 Å². The average molecular weight is 361 g/mol. The minimum absolute atomic E-state index is 0.0611. The highest BCUT2D eigenvalue weighted by Crippen LogP contribution is 2.28. The third kappa shape index (κ3) is 3.82. The Morgan fingerprint density at radius 3 is 2.16 bits per heavy atom. The van der Waals surface area contributed by atoms with Crippen LogP contribution in [0.5, 0.6) is 6.01 Å². The van der Waals surface area contributed by atoms with Gasteiger partial charge in [-0.2, -0.15) is 4.31 Å². The normalized spacial score (nSPS) is 16.8. The SMILES string of the molecule is Cc1cc(C)c(S(=O)(=O)N2CCC(Oc3ncccn3)CC2)c(C)c1. The summed E-state index contributed by atoms with van der Waals surface area (Å²) in [5, 5.41) is 0. The van der Waals surface area contributed by atoms with E-state index in [-0.39, 0.29) is 6.10 Å². The molecule has 0 atom stereocenters. The first kappa shape index (κ1) is 17.8. The lowest BCUT2D eigenvalue weighted by Gasteiger charge is -2.31. The first-order valence-corrected chi connectivity index (χ1v) is 9.83. The molecule has 0 radical (unpaired) electrons. The van der Waals surface area contributed by atoms with Crippen LogP contribution in [0, 0.1) is 20.8 Å². The van der Waals surface area contributed by atoms with E-state index in [4.69, 9.17) is 4.74 Å². The maximum Gasteiger partial charge on any atom is 0.316 e. The Bertz CT molecular complexity index is 822. The Kier molecular flexibility index (Phi) is 5.06. The van der Waals surface area contributed by atoms with E-state index in [1.807, 2.05) is 32.9 Å². The van der Waals surface area contributed by atoms with Crippen LogP contribution in [0.1, 0.15) is 29.5 Å². The molecule has 1 aliphatic heterocycles. The Labute approximate surface area is 148 Å².